The highest BCUT2D eigenvalue weighted by Gasteiger charge is 2.51. The van der Waals surface area contributed by atoms with E-state index in [9.17, 15) is 0 Å². The van der Waals surface area contributed by atoms with Crippen LogP contribution >= 0.6 is 0 Å². The summed E-state index contributed by atoms with van der Waals surface area (Å²) in [5, 5.41) is 0. The molecule has 3 aromatic carbocycles. The molecule has 0 saturated carbocycles. The van der Waals surface area contributed by atoms with Crippen molar-refractivity contribution in [2.24, 2.45) is 0 Å². The molecule has 0 aromatic heterocycles. The molecule has 0 saturated heterocycles. The van der Waals surface area contributed by atoms with Gasteiger partial charge in [0.2, 0.25) is 0 Å². The standard InChI is InChI=1S/C25H18/c1-5-13-21-17(9-1)18-10-2-6-14-22(18)25(21)23-15-7-3-11-19(23)20-12-4-8-16-24(20)25/h1-3,5-11,13-16H,4,12H2. The van der Waals surface area contributed by atoms with Crippen molar-refractivity contribution in [2.45, 2.75) is 18.3 Å². The lowest BCUT2D eigenvalue weighted by Gasteiger charge is -2.32. The van der Waals surface area contributed by atoms with Crippen LogP contribution in [0.3, 0.4) is 0 Å². The first-order valence-electron chi connectivity index (χ1n) is 9.12. The van der Waals surface area contributed by atoms with Crippen molar-refractivity contribution in [1.82, 2.24) is 0 Å². The van der Waals surface area contributed by atoms with E-state index in [1.165, 1.54) is 39.0 Å². The number of hydrogen-bond donors (Lipinski definition) is 0. The van der Waals surface area contributed by atoms with Crippen molar-refractivity contribution in [3.8, 4) is 11.1 Å². The van der Waals surface area contributed by atoms with Gasteiger partial charge in [-0.3, -0.25) is 0 Å². The SMILES string of the molecule is C1=CC2=C(CC1)c1ccccc1C21c2ccccc2-c2ccccc21. The second-order valence-electron chi connectivity index (χ2n) is 7.22. The fraction of sp³-hybridized carbons (Fsp3) is 0.120. The first-order chi connectivity index (χ1) is 12.4. The van der Waals surface area contributed by atoms with Crippen molar-refractivity contribution in [3.63, 3.8) is 0 Å². The van der Waals surface area contributed by atoms with E-state index in [1.54, 1.807) is 5.57 Å². The van der Waals surface area contributed by atoms with Gasteiger partial charge in [0.25, 0.3) is 0 Å². The molecule has 0 amide bonds. The van der Waals surface area contributed by atoms with Crippen LogP contribution in [0.25, 0.3) is 16.7 Å². The van der Waals surface area contributed by atoms with Gasteiger partial charge in [-0.15, -0.1) is 0 Å². The molecular weight excluding hydrogens is 300 g/mol. The molecule has 3 aliphatic rings. The molecule has 0 heteroatoms. The van der Waals surface area contributed by atoms with Crippen molar-refractivity contribution >= 4 is 5.57 Å². The summed E-state index contributed by atoms with van der Waals surface area (Å²) >= 11 is 0. The summed E-state index contributed by atoms with van der Waals surface area (Å²) in [4.78, 5) is 0. The Kier molecular flexibility index (Phi) is 2.48. The summed E-state index contributed by atoms with van der Waals surface area (Å²) < 4.78 is 0. The molecule has 0 bridgehead atoms. The normalized spacial score (nSPS) is 18.1. The van der Waals surface area contributed by atoms with E-state index in [1.807, 2.05) is 0 Å². The number of fused-ring (bicyclic) bond motifs is 9. The zero-order chi connectivity index (χ0) is 16.4. The molecule has 3 aliphatic carbocycles. The Morgan fingerprint density at radius 1 is 0.600 bits per heavy atom. The van der Waals surface area contributed by atoms with Crippen LogP contribution in [0.5, 0.6) is 0 Å². The van der Waals surface area contributed by atoms with Crippen LogP contribution in [0, 0.1) is 0 Å². The average molecular weight is 318 g/mol. The largest absolute Gasteiger partial charge is 0.0839 e. The van der Waals surface area contributed by atoms with E-state index < -0.39 is 0 Å². The van der Waals surface area contributed by atoms with E-state index in [-0.39, 0.29) is 5.41 Å². The van der Waals surface area contributed by atoms with Gasteiger partial charge in [0, 0.05) is 0 Å². The van der Waals surface area contributed by atoms with E-state index in [4.69, 9.17) is 0 Å². The average Bonchev–Trinajstić information content (AvgIpc) is 3.16. The number of hydrogen-bond acceptors (Lipinski definition) is 0. The predicted octanol–water partition coefficient (Wildman–Crippen LogP) is 6.12. The lowest BCUT2D eigenvalue weighted by atomic mass is 9.69. The molecule has 3 aromatic rings. The summed E-state index contributed by atoms with van der Waals surface area (Å²) in [5.41, 5.74) is 11.5. The molecule has 0 radical (unpaired) electrons. The molecule has 0 heterocycles. The molecule has 0 aliphatic heterocycles. The Balaban J connectivity index is 1.84. The maximum atomic E-state index is 2.40. The lowest BCUT2D eigenvalue weighted by molar-refractivity contribution is 0.780. The smallest absolute Gasteiger partial charge is 0.0722 e. The predicted molar refractivity (Wildman–Crippen MR) is 103 cm³/mol. The molecular formula is C25H18. The van der Waals surface area contributed by atoms with Crippen LogP contribution < -0.4 is 0 Å². The van der Waals surface area contributed by atoms with Crippen molar-refractivity contribution in [3.05, 3.63) is 113 Å². The summed E-state index contributed by atoms with van der Waals surface area (Å²) in [5.74, 6) is 0. The molecule has 6 rings (SSSR count). The van der Waals surface area contributed by atoms with Gasteiger partial charge in [-0.2, -0.15) is 0 Å². The van der Waals surface area contributed by atoms with E-state index >= 15 is 0 Å². The van der Waals surface area contributed by atoms with E-state index in [0.717, 1.165) is 12.8 Å². The first kappa shape index (κ1) is 13.4. The second-order valence-corrected chi connectivity index (χ2v) is 7.22. The fourth-order valence-electron chi connectivity index (χ4n) is 5.33. The van der Waals surface area contributed by atoms with Gasteiger partial charge in [-0.25, -0.2) is 0 Å². The van der Waals surface area contributed by atoms with Gasteiger partial charge in [-0.1, -0.05) is 84.9 Å². The number of rotatable bonds is 0. The van der Waals surface area contributed by atoms with Gasteiger partial charge in [0.05, 0.1) is 5.41 Å². The minimum Gasteiger partial charge on any atom is -0.0839 e. The van der Waals surface area contributed by atoms with Crippen molar-refractivity contribution in [1.29, 1.82) is 0 Å². The van der Waals surface area contributed by atoms with Crippen LogP contribution in [0.15, 0.2) is 90.5 Å². The van der Waals surface area contributed by atoms with Crippen molar-refractivity contribution in [2.75, 3.05) is 0 Å². The Bertz CT molecular complexity index is 1050. The molecule has 25 heavy (non-hydrogen) atoms. The molecule has 1 spiro atoms. The van der Waals surface area contributed by atoms with E-state index in [2.05, 4.69) is 84.9 Å². The third kappa shape index (κ3) is 1.45. The van der Waals surface area contributed by atoms with Crippen LogP contribution in [-0.2, 0) is 5.41 Å². The monoisotopic (exact) mass is 318 g/mol. The topological polar surface area (TPSA) is 0 Å². The van der Waals surface area contributed by atoms with Crippen LogP contribution in [0.2, 0.25) is 0 Å². The minimum atomic E-state index is -0.129. The van der Waals surface area contributed by atoms with Crippen LogP contribution in [0.1, 0.15) is 35.1 Å². The van der Waals surface area contributed by atoms with Gasteiger partial charge < -0.3 is 0 Å². The zero-order valence-corrected chi connectivity index (χ0v) is 14.0. The highest BCUT2D eigenvalue weighted by atomic mass is 14.5. The Hall–Kier alpha value is -2.86. The van der Waals surface area contributed by atoms with Crippen LogP contribution in [0.4, 0.5) is 0 Å². The quantitative estimate of drug-likeness (QED) is 0.468. The Labute approximate surface area is 148 Å². The van der Waals surface area contributed by atoms with Gasteiger partial charge in [0.1, 0.15) is 0 Å². The highest BCUT2D eigenvalue weighted by molar-refractivity contribution is 5.95. The molecule has 0 unspecified atom stereocenters. The maximum Gasteiger partial charge on any atom is 0.0722 e. The molecule has 0 atom stereocenters. The van der Waals surface area contributed by atoms with Gasteiger partial charge in [0.15, 0.2) is 0 Å². The summed E-state index contributed by atoms with van der Waals surface area (Å²) in [7, 11) is 0. The van der Waals surface area contributed by atoms with Gasteiger partial charge >= 0.3 is 0 Å². The molecule has 0 fully saturated rings. The third-order valence-electron chi connectivity index (χ3n) is 6.18. The zero-order valence-electron chi connectivity index (χ0n) is 14.0. The maximum absolute atomic E-state index is 2.40. The minimum absolute atomic E-state index is 0.129. The third-order valence-corrected chi connectivity index (χ3v) is 6.18. The van der Waals surface area contributed by atoms with Crippen LogP contribution in [-0.4, -0.2) is 0 Å². The number of allylic oxidation sites excluding steroid dienone is 4. The summed E-state index contributed by atoms with van der Waals surface area (Å²) in [6.45, 7) is 0. The Morgan fingerprint density at radius 2 is 1.12 bits per heavy atom. The highest BCUT2D eigenvalue weighted by Crippen LogP contribution is 2.62. The summed E-state index contributed by atoms with van der Waals surface area (Å²) in [6, 6.07) is 27.0. The molecule has 0 N–H and O–H groups in total. The lowest BCUT2D eigenvalue weighted by Crippen LogP contribution is -2.26. The molecule has 0 nitrogen and oxygen atoms in total. The Morgan fingerprint density at radius 3 is 1.76 bits per heavy atom. The van der Waals surface area contributed by atoms with E-state index in [0.29, 0.717) is 0 Å². The summed E-state index contributed by atoms with van der Waals surface area (Å²) in [6.07, 6.45) is 7.05. The fourth-order valence-corrected chi connectivity index (χ4v) is 5.33. The first-order valence-corrected chi connectivity index (χ1v) is 9.12. The van der Waals surface area contributed by atoms with Gasteiger partial charge in [-0.05, 0) is 57.4 Å². The number of benzene rings is 3. The van der Waals surface area contributed by atoms with Crippen molar-refractivity contribution < 1.29 is 0 Å². The molecule has 118 valence electrons. The second kappa shape index (κ2) is 4.61.